The normalized spacial score (nSPS) is 10.9. The number of imidazole rings is 1. The summed E-state index contributed by atoms with van der Waals surface area (Å²) in [4.78, 5) is 18.8. The molecule has 5 nitrogen and oxygen atoms in total. The van der Waals surface area contributed by atoms with Crippen LogP contribution in [-0.2, 0) is 0 Å². The van der Waals surface area contributed by atoms with Gasteiger partial charge in [0.15, 0.2) is 11.3 Å². The van der Waals surface area contributed by atoms with Gasteiger partial charge in [-0.1, -0.05) is 0 Å². The zero-order chi connectivity index (χ0) is 14.3. The van der Waals surface area contributed by atoms with E-state index in [1.54, 1.807) is 0 Å². The number of benzene rings is 1. The summed E-state index contributed by atoms with van der Waals surface area (Å²) in [5.41, 5.74) is -0.0863. The molecule has 2 aromatic heterocycles. The number of fused-ring (bicyclic) bond motifs is 1. The maximum atomic E-state index is 13.7. The monoisotopic (exact) mass is 275 g/mol. The minimum atomic E-state index is -1.24. The number of hydrogen-bond donors (Lipinski definition) is 1. The van der Waals surface area contributed by atoms with E-state index in [1.165, 1.54) is 23.0 Å². The first-order valence-electron chi connectivity index (χ1n) is 5.58. The smallest absolute Gasteiger partial charge is 0.358 e. The Labute approximate surface area is 111 Å². The Kier molecular flexibility index (Phi) is 2.67. The lowest BCUT2D eigenvalue weighted by atomic mass is 10.1. The number of carboxylic acids is 1. The van der Waals surface area contributed by atoms with E-state index in [-0.39, 0.29) is 22.6 Å². The van der Waals surface area contributed by atoms with Gasteiger partial charge in [0.2, 0.25) is 0 Å². The zero-order valence-corrected chi connectivity index (χ0v) is 9.92. The van der Waals surface area contributed by atoms with Gasteiger partial charge in [0, 0.05) is 24.2 Å². The molecule has 0 amide bonds. The molecule has 0 saturated carbocycles. The molecule has 0 unspecified atom stereocenters. The van der Waals surface area contributed by atoms with Crippen molar-refractivity contribution in [2.24, 2.45) is 0 Å². The molecule has 2 heterocycles. The molecule has 0 fully saturated rings. The maximum absolute atomic E-state index is 13.7. The highest BCUT2D eigenvalue weighted by Gasteiger charge is 2.16. The minimum absolute atomic E-state index is 0.0370. The van der Waals surface area contributed by atoms with E-state index in [1.807, 2.05) is 0 Å². The molecule has 0 atom stereocenters. The largest absolute Gasteiger partial charge is 0.476 e. The number of nitrogens with zero attached hydrogens (tertiary/aromatic N) is 3. The van der Waals surface area contributed by atoms with Crippen LogP contribution in [0.2, 0.25) is 0 Å². The predicted octanol–water partition coefficient (Wildman–Crippen LogP) is 2.37. The van der Waals surface area contributed by atoms with Crippen molar-refractivity contribution in [1.82, 2.24) is 14.4 Å². The molecule has 0 saturated heterocycles. The molecule has 3 rings (SSSR count). The third kappa shape index (κ3) is 1.89. The van der Waals surface area contributed by atoms with Crippen LogP contribution in [0.15, 0.2) is 36.8 Å². The van der Waals surface area contributed by atoms with Crippen LogP contribution in [-0.4, -0.2) is 25.4 Å². The SMILES string of the molecule is O=C(O)c1nccn2cc(-c3cc(F)ccc3F)nc12. The first-order valence-corrected chi connectivity index (χ1v) is 5.58. The van der Waals surface area contributed by atoms with Gasteiger partial charge in [-0.05, 0) is 18.2 Å². The molecule has 1 aromatic carbocycles. The first-order chi connectivity index (χ1) is 9.56. The van der Waals surface area contributed by atoms with Gasteiger partial charge in [0.05, 0.1) is 5.69 Å². The van der Waals surface area contributed by atoms with Crippen molar-refractivity contribution in [2.45, 2.75) is 0 Å². The van der Waals surface area contributed by atoms with Gasteiger partial charge < -0.3 is 9.51 Å². The van der Waals surface area contributed by atoms with E-state index in [9.17, 15) is 13.6 Å². The van der Waals surface area contributed by atoms with E-state index < -0.39 is 17.6 Å². The van der Waals surface area contributed by atoms with E-state index >= 15 is 0 Å². The fourth-order valence-electron chi connectivity index (χ4n) is 1.89. The van der Waals surface area contributed by atoms with Gasteiger partial charge in [-0.15, -0.1) is 0 Å². The summed E-state index contributed by atoms with van der Waals surface area (Å²) in [7, 11) is 0. The van der Waals surface area contributed by atoms with Crippen LogP contribution in [0.25, 0.3) is 16.9 Å². The molecule has 20 heavy (non-hydrogen) atoms. The highest BCUT2D eigenvalue weighted by Crippen LogP contribution is 2.24. The van der Waals surface area contributed by atoms with Gasteiger partial charge in [0.1, 0.15) is 11.6 Å². The molecule has 0 radical (unpaired) electrons. The van der Waals surface area contributed by atoms with Gasteiger partial charge >= 0.3 is 5.97 Å². The highest BCUT2D eigenvalue weighted by molar-refractivity contribution is 5.92. The second-order valence-corrected chi connectivity index (χ2v) is 4.06. The van der Waals surface area contributed by atoms with Crippen molar-refractivity contribution in [3.05, 3.63) is 54.1 Å². The van der Waals surface area contributed by atoms with E-state index in [0.29, 0.717) is 0 Å². The van der Waals surface area contributed by atoms with E-state index in [2.05, 4.69) is 9.97 Å². The first kappa shape index (κ1) is 12.2. The van der Waals surface area contributed by atoms with Gasteiger partial charge in [-0.2, -0.15) is 0 Å². The predicted molar refractivity (Wildman–Crippen MR) is 65.3 cm³/mol. The Morgan fingerprint density at radius 3 is 2.85 bits per heavy atom. The summed E-state index contributed by atoms with van der Waals surface area (Å²) in [6, 6.07) is 2.99. The van der Waals surface area contributed by atoms with Crippen LogP contribution < -0.4 is 0 Å². The third-order valence-corrected chi connectivity index (χ3v) is 2.78. The van der Waals surface area contributed by atoms with Gasteiger partial charge in [-0.3, -0.25) is 0 Å². The van der Waals surface area contributed by atoms with Crippen LogP contribution in [0.1, 0.15) is 10.5 Å². The van der Waals surface area contributed by atoms with Gasteiger partial charge in [-0.25, -0.2) is 23.5 Å². The average molecular weight is 275 g/mol. The molecule has 0 spiro atoms. The summed E-state index contributed by atoms with van der Waals surface area (Å²) >= 11 is 0. The molecule has 0 aliphatic rings. The summed E-state index contributed by atoms with van der Waals surface area (Å²) in [5.74, 6) is -2.48. The molecule has 0 aliphatic heterocycles. The fraction of sp³-hybridized carbons (Fsp3) is 0. The number of carboxylic acid groups (broad SMARTS) is 1. The second kappa shape index (κ2) is 4.37. The minimum Gasteiger partial charge on any atom is -0.476 e. The Hall–Kier alpha value is -2.83. The van der Waals surface area contributed by atoms with Crippen molar-refractivity contribution in [3.63, 3.8) is 0 Å². The number of aromatic nitrogens is 3. The second-order valence-electron chi connectivity index (χ2n) is 4.06. The lowest BCUT2D eigenvalue weighted by Gasteiger charge is -1.98. The van der Waals surface area contributed by atoms with E-state index in [4.69, 9.17) is 5.11 Å². The quantitative estimate of drug-likeness (QED) is 0.779. The number of rotatable bonds is 2. The molecule has 1 N–H and O–H groups in total. The summed E-state index contributed by atoms with van der Waals surface area (Å²) in [5, 5.41) is 9.01. The number of halogens is 2. The standard InChI is InChI=1S/C13H7F2N3O2/c14-7-1-2-9(15)8(5-7)10-6-18-4-3-16-11(13(19)20)12(18)17-10/h1-6H,(H,19,20). The van der Waals surface area contributed by atoms with Crippen LogP contribution in [0, 0.1) is 11.6 Å². The van der Waals surface area contributed by atoms with Crippen LogP contribution in [0.4, 0.5) is 8.78 Å². The van der Waals surface area contributed by atoms with Crippen LogP contribution in [0.5, 0.6) is 0 Å². The molecule has 3 aromatic rings. The zero-order valence-electron chi connectivity index (χ0n) is 9.92. The molecule has 7 heteroatoms. The molecular formula is C13H7F2N3O2. The van der Waals surface area contributed by atoms with Crippen molar-refractivity contribution in [3.8, 4) is 11.3 Å². The van der Waals surface area contributed by atoms with Crippen molar-refractivity contribution >= 4 is 11.6 Å². The topological polar surface area (TPSA) is 67.5 Å². The summed E-state index contributed by atoms with van der Waals surface area (Å²) in [6.07, 6.45) is 4.20. The fourth-order valence-corrected chi connectivity index (χ4v) is 1.89. The lowest BCUT2D eigenvalue weighted by molar-refractivity contribution is 0.0692. The number of carbonyl (C=O) groups is 1. The van der Waals surface area contributed by atoms with Gasteiger partial charge in [0.25, 0.3) is 0 Å². The molecule has 0 bridgehead atoms. The Morgan fingerprint density at radius 2 is 2.10 bits per heavy atom. The van der Waals surface area contributed by atoms with E-state index in [0.717, 1.165) is 18.2 Å². The molecule has 100 valence electrons. The molecular weight excluding hydrogens is 268 g/mol. The Morgan fingerprint density at radius 1 is 1.30 bits per heavy atom. The Bertz CT molecular complexity index is 830. The number of aromatic carboxylic acids is 1. The Balaban J connectivity index is 2.26. The summed E-state index contributed by atoms with van der Waals surface area (Å²) in [6.45, 7) is 0. The maximum Gasteiger partial charge on any atom is 0.358 e. The van der Waals surface area contributed by atoms with Crippen LogP contribution in [0.3, 0.4) is 0 Å². The van der Waals surface area contributed by atoms with Crippen molar-refractivity contribution < 1.29 is 18.7 Å². The molecule has 0 aliphatic carbocycles. The lowest BCUT2D eigenvalue weighted by Crippen LogP contribution is -2.03. The number of hydrogen-bond acceptors (Lipinski definition) is 3. The summed E-state index contributed by atoms with van der Waals surface area (Å²) < 4.78 is 28.3. The third-order valence-electron chi connectivity index (χ3n) is 2.78. The van der Waals surface area contributed by atoms with Crippen LogP contribution >= 0.6 is 0 Å². The average Bonchev–Trinajstić information content (AvgIpc) is 2.84. The van der Waals surface area contributed by atoms with Crippen molar-refractivity contribution in [1.29, 1.82) is 0 Å². The highest BCUT2D eigenvalue weighted by atomic mass is 19.1. The van der Waals surface area contributed by atoms with Crippen molar-refractivity contribution in [2.75, 3.05) is 0 Å².